The molecule has 4 nitrogen and oxygen atoms in total. The summed E-state index contributed by atoms with van der Waals surface area (Å²) in [5.74, 6) is -1.32. The first-order valence-electron chi connectivity index (χ1n) is 17.4. The summed E-state index contributed by atoms with van der Waals surface area (Å²) in [4.78, 5) is 0. The van der Waals surface area contributed by atoms with Crippen molar-refractivity contribution in [2.24, 2.45) is 0 Å². The Labute approximate surface area is 296 Å². The van der Waals surface area contributed by atoms with E-state index < -0.39 is 38.0 Å². The summed E-state index contributed by atoms with van der Waals surface area (Å²) in [6.07, 6.45) is -2.37. The van der Waals surface area contributed by atoms with Gasteiger partial charge in [-0.1, -0.05) is 172 Å². The van der Waals surface area contributed by atoms with E-state index in [4.69, 9.17) is 18.6 Å². The summed E-state index contributed by atoms with van der Waals surface area (Å²) in [6.45, 7) is 10.3. The Hall–Kier alpha value is -4.17. The maximum atomic E-state index is 17.5. The zero-order valence-electron chi connectivity index (χ0n) is 29.4. The lowest BCUT2D eigenvalue weighted by Gasteiger charge is -2.45. The summed E-state index contributed by atoms with van der Waals surface area (Å²) in [6, 6.07) is 51.0. The number of halogens is 1. The van der Waals surface area contributed by atoms with Crippen LogP contribution in [0.4, 0.5) is 4.39 Å². The highest BCUT2D eigenvalue weighted by Crippen LogP contribution is 2.48. The van der Waals surface area contributed by atoms with Gasteiger partial charge in [0.1, 0.15) is 29.7 Å². The highest BCUT2D eigenvalue weighted by Gasteiger charge is 2.60. The van der Waals surface area contributed by atoms with Gasteiger partial charge in [-0.3, -0.25) is 0 Å². The van der Waals surface area contributed by atoms with Crippen molar-refractivity contribution in [2.45, 2.75) is 69.4 Å². The Kier molecular flexibility index (Phi) is 9.26. The molecule has 0 N–H and O–H groups in total. The summed E-state index contributed by atoms with van der Waals surface area (Å²) in [5, 5.41) is 1.78. The molecule has 0 amide bonds. The van der Waals surface area contributed by atoms with Crippen LogP contribution in [0.1, 0.15) is 51.3 Å². The molecule has 7 rings (SSSR count). The lowest BCUT2D eigenvalue weighted by Crippen LogP contribution is -2.68. The van der Waals surface area contributed by atoms with Crippen LogP contribution in [0.3, 0.4) is 0 Å². The second kappa shape index (κ2) is 13.5. The first kappa shape index (κ1) is 34.3. The van der Waals surface area contributed by atoms with Crippen LogP contribution in [0.15, 0.2) is 163 Å². The Balaban J connectivity index is 1.36. The minimum atomic E-state index is -3.16. The second-order valence-corrected chi connectivity index (χ2v) is 18.9. The van der Waals surface area contributed by atoms with Gasteiger partial charge in [0.25, 0.3) is 8.32 Å². The minimum absolute atomic E-state index is 0.0360. The zero-order chi connectivity index (χ0) is 35.0. The molecule has 2 unspecified atom stereocenters. The first-order valence-corrected chi connectivity index (χ1v) is 19.3. The van der Waals surface area contributed by atoms with Gasteiger partial charge in [0.05, 0.1) is 6.61 Å². The molecule has 5 aromatic rings. The Bertz CT molecular complexity index is 1770. The largest absolute Gasteiger partial charge is 0.395 e. The van der Waals surface area contributed by atoms with Crippen molar-refractivity contribution in [3.05, 3.63) is 180 Å². The Morgan fingerprint density at radius 2 is 1.02 bits per heavy atom. The fraction of sp³-hybridized carbons (Fsp3) is 0.273. The summed E-state index contributed by atoms with van der Waals surface area (Å²) < 4.78 is 45.1. The summed E-state index contributed by atoms with van der Waals surface area (Å²) >= 11 is 0. The zero-order valence-corrected chi connectivity index (χ0v) is 30.4. The van der Waals surface area contributed by atoms with Crippen LogP contribution in [-0.4, -0.2) is 39.0 Å². The quantitative estimate of drug-likeness (QED) is 0.109. The van der Waals surface area contributed by atoms with E-state index in [1.54, 1.807) is 0 Å². The Morgan fingerprint density at radius 3 is 1.42 bits per heavy atom. The van der Waals surface area contributed by atoms with Gasteiger partial charge < -0.3 is 18.6 Å². The maximum absolute atomic E-state index is 17.5. The lowest BCUT2D eigenvalue weighted by molar-refractivity contribution is -0.154. The number of benzene rings is 5. The van der Waals surface area contributed by atoms with Crippen LogP contribution < -0.4 is 10.4 Å². The van der Waals surface area contributed by atoms with Gasteiger partial charge in [0, 0.05) is 5.57 Å². The van der Waals surface area contributed by atoms with Crippen molar-refractivity contribution >= 4 is 18.7 Å². The summed E-state index contributed by atoms with van der Waals surface area (Å²) in [7, 11) is -3.16. The predicted molar refractivity (Wildman–Crippen MR) is 200 cm³/mol. The van der Waals surface area contributed by atoms with Crippen molar-refractivity contribution < 1.29 is 23.0 Å². The van der Waals surface area contributed by atoms with E-state index in [0.717, 1.165) is 27.1 Å². The van der Waals surface area contributed by atoms with Crippen molar-refractivity contribution in [3.8, 4) is 0 Å². The monoisotopic (exact) mass is 684 g/mol. The first-order chi connectivity index (χ1) is 24.1. The molecule has 0 radical (unpaired) electrons. The SMILES string of the molecule is CC1(C)OC2C(O[Si](c3ccccc3)(c3ccccc3)C(C)(C)C)C(F)=C(COC(c3ccccc3)(c3ccccc3)c3ccccc3)[C@H]2O1. The van der Waals surface area contributed by atoms with Gasteiger partial charge in [0.2, 0.25) is 0 Å². The molecule has 0 spiro atoms. The number of rotatable bonds is 10. The lowest BCUT2D eigenvalue weighted by atomic mass is 9.80. The van der Waals surface area contributed by atoms with Crippen LogP contribution in [0, 0.1) is 0 Å². The highest BCUT2D eigenvalue weighted by molar-refractivity contribution is 6.99. The average molecular weight is 685 g/mol. The minimum Gasteiger partial charge on any atom is -0.395 e. The molecule has 1 fully saturated rings. The molecule has 6 heteroatoms. The molecule has 1 heterocycles. The molecule has 1 saturated heterocycles. The maximum Gasteiger partial charge on any atom is 0.262 e. The van der Waals surface area contributed by atoms with Gasteiger partial charge in [0.15, 0.2) is 5.79 Å². The third-order valence-electron chi connectivity index (χ3n) is 10.0. The van der Waals surface area contributed by atoms with Crippen LogP contribution in [0.2, 0.25) is 5.04 Å². The van der Waals surface area contributed by atoms with E-state index in [9.17, 15) is 0 Å². The van der Waals surface area contributed by atoms with Crippen molar-refractivity contribution in [1.82, 2.24) is 0 Å². The van der Waals surface area contributed by atoms with Gasteiger partial charge in [-0.25, -0.2) is 4.39 Å². The average Bonchev–Trinajstić information content (AvgIpc) is 3.57. The predicted octanol–water partition coefficient (Wildman–Crippen LogP) is 8.70. The molecule has 1 aliphatic carbocycles. The Morgan fingerprint density at radius 1 is 0.620 bits per heavy atom. The van der Waals surface area contributed by atoms with Crippen LogP contribution in [-0.2, 0) is 24.2 Å². The van der Waals surface area contributed by atoms with E-state index in [-0.39, 0.29) is 17.5 Å². The van der Waals surface area contributed by atoms with E-state index in [1.807, 2.05) is 105 Å². The molecule has 1 aliphatic heterocycles. The number of ether oxygens (including phenoxy) is 3. The highest BCUT2D eigenvalue weighted by atomic mass is 28.4. The fourth-order valence-electron chi connectivity index (χ4n) is 7.85. The van der Waals surface area contributed by atoms with Crippen LogP contribution >= 0.6 is 0 Å². The molecule has 50 heavy (non-hydrogen) atoms. The third kappa shape index (κ3) is 5.99. The molecular weight excluding hydrogens is 640 g/mol. The number of fused-ring (bicyclic) bond motifs is 1. The van der Waals surface area contributed by atoms with E-state index in [2.05, 4.69) is 81.4 Å². The standard InChI is InChI=1S/C44H45FO4Si/c1-42(2,3)50(35-27-17-9-18-28-35,36-29-19-10-20-30-36)49-40-38(45)37(39-41(40)48-43(4,5)47-39)31-46-44(32-21-11-6-12-22-32,33-23-13-7-14-24-33)34-25-15-8-16-26-34/h6-30,39-41H,31H2,1-5H3/t39-,40?,41?/m1/s1. The molecule has 0 aromatic heterocycles. The van der Waals surface area contributed by atoms with Crippen molar-refractivity contribution in [2.75, 3.05) is 6.61 Å². The molecule has 2 aliphatic rings. The van der Waals surface area contributed by atoms with Gasteiger partial charge in [-0.05, 0) is 45.9 Å². The van der Waals surface area contributed by atoms with E-state index in [1.165, 1.54) is 0 Å². The van der Waals surface area contributed by atoms with E-state index in [0.29, 0.717) is 5.57 Å². The molecular formula is C44H45FO4Si. The second-order valence-electron chi connectivity index (χ2n) is 14.7. The number of hydrogen-bond donors (Lipinski definition) is 0. The topological polar surface area (TPSA) is 36.9 Å². The molecule has 256 valence electrons. The molecule has 3 atom stereocenters. The van der Waals surface area contributed by atoms with Gasteiger partial charge in [-0.15, -0.1) is 0 Å². The fourth-order valence-corrected chi connectivity index (χ4v) is 12.5. The smallest absolute Gasteiger partial charge is 0.262 e. The van der Waals surface area contributed by atoms with Crippen molar-refractivity contribution in [1.29, 1.82) is 0 Å². The van der Waals surface area contributed by atoms with E-state index >= 15 is 4.39 Å². The summed E-state index contributed by atoms with van der Waals surface area (Å²) in [5.41, 5.74) is 2.21. The van der Waals surface area contributed by atoms with Crippen molar-refractivity contribution in [3.63, 3.8) is 0 Å². The van der Waals surface area contributed by atoms with Crippen LogP contribution in [0.5, 0.6) is 0 Å². The molecule has 0 saturated carbocycles. The third-order valence-corrected chi connectivity index (χ3v) is 15.0. The normalized spacial score (nSPS) is 20.6. The van der Waals surface area contributed by atoms with Gasteiger partial charge in [-0.2, -0.15) is 0 Å². The van der Waals surface area contributed by atoms with Gasteiger partial charge >= 0.3 is 0 Å². The molecule has 5 aromatic carbocycles. The number of hydrogen-bond acceptors (Lipinski definition) is 4. The molecule has 0 bridgehead atoms. The van der Waals surface area contributed by atoms with Crippen LogP contribution in [0.25, 0.3) is 0 Å².